The second kappa shape index (κ2) is 1.70. The van der Waals surface area contributed by atoms with E-state index < -0.39 is 5.54 Å². The van der Waals surface area contributed by atoms with Crippen molar-refractivity contribution < 1.29 is 9.53 Å². The monoisotopic (exact) mass is 129 g/mol. The maximum Gasteiger partial charge on any atom is 0.326 e. The first-order valence-corrected chi connectivity index (χ1v) is 3.02. The summed E-state index contributed by atoms with van der Waals surface area (Å²) < 4.78 is 4.81. The Morgan fingerprint density at radius 1 is 1.89 bits per heavy atom. The standard InChI is InChI=1S/C6H11NO2/c1-4-3-6(2,7)5(8)9-4/h4H,3,7H2,1-2H3/t4-,6+/m1/s1. The molecule has 0 aromatic carbocycles. The Balaban J connectivity index is 2.70. The summed E-state index contributed by atoms with van der Waals surface area (Å²) in [6, 6.07) is 0. The number of ether oxygens (including phenoxy) is 1. The SMILES string of the molecule is C[C@@H]1C[C@](C)(N)C(=O)O1. The van der Waals surface area contributed by atoms with Gasteiger partial charge >= 0.3 is 5.97 Å². The first-order valence-electron chi connectivity index (χ1n) is 3.02. The normalized spacial score (nSPS) is 43.0. The van der Waals surface area contributed by atoms with E-state index in [0.29, 0.717) is 6.42 Å². The van der Waals surface area contributed by atoms with Crippen LogP contribution >= 0.6 is 0 Å². The van der Waals surface area contributed by atoms with Gasteiger partial charge in [0.15, 0.2) is 0 Å². The highest BCUT2D eigenvalue weighted by molar-refractivity contribution is 5.82. The van der Waals surface area contributed by atoms with E-state index in [9.17, 15) is 4.79 Å². The lowest BCUT2D eigenvalue weighted by atomic mass is 10.0. The van der Waals surface area contributed by atoms with E-state index in [1.54, 1.807) is 6.92 Å². The predicted octanol–water partition coefficient (Wildman–Crippen LogP) is 0.0392. The van der Waals surface area contributed by atoms with Gasteiger partial charge in [0.2, 0.25) is 0 Å². The van der Waals surface area contributed by atoms with Gasteiger partial charge in [-0.05, 0) is 13.8 Å². The lowest BCUT2D eigenvalue weighted by molar-refractivity contribution is -0.144. The zero-order valence-corrected chi connectivity index (χ0v) is 5.68. The van der Waals surface area contributed by atoms with E-state index in [2.05, 4.69) is 0 Å². The molecule has 0 aliphatic carbocycles. The fourth-order valence-electron chi connectivity index (χ4n) is 1.04. The second-order valence-electron chi connectivity index (χ2n) is 2.84. The molecule has 0 spiro atoms. The van der Waals surface area contributed by atoms with Crippen LogP contribution in [0.25, 0.3) is 0 Å². The van der Waals surface area contributed by atoms with Crippen molar-refractivity contribution in [2.45, 2.75) is 31.9 Å². The van der Waals surface area contributed by atoms with Crippen molar-refractivity contribution in [3.05, 3.63) is 0 Å². The van der Waals surface area contributed by atoms with Gasteiger partial charge in [0, 0.05) is 6.42 Å². The summed E-state index contributed by atoms with van der Waals surface area (Å²) in [6.45, 7) is 3.54. The van der Waals surface area contributed by atoms with Crippen LogP contribution in [0.4, 0.5) is 0 Å². The van der Waals surface area contributed by atoms with Gasteiger partial charge in [-0.2, -0.15) is 0 Å². The average molecular weight is 129 g/mol. The summed E-state index contributed by atoms with van der Waals surface area (Å²) in [4.78, 5) is 10.8. The molecule has 0 amide bonds. The van der Waals surface area contributed by atoms with Gasteiger partial charge in [0.25, 0.3) is 0 Å². The summed E-state index contributed by atoms with van der Waals surface area (Å²) in [5.74, 6) is -0.282. The van der Waals surface area contributed by atoms with Crippen LogP contribution in [-0.2, 0) is 9.53 Å². The molecule has 1 fully saturated rings. The quantitative estimate of drug-likeness (QED) is 0.470. The predicted molar refractivity (Wildman–Crippen MR) is 32.8 cm³/mol. The number of hydrogen-bond acceptors (Lipinski definition) is 3. The molecule has 0 radical (unpaired) electrons. The highest BCUT2D eigenvalue weighted by Gasteiger charge is 2.39. The van der Waals surface area contributed by atoms with E-state index in [-0.39, 0.29) is 12.1 Å². The Hall–Kier alpha value is -0.570. The molecule has 3 heteroatoms. The van der Waals surface area contributed by atoms with Crippen molar-refractivity contribution in [2.75, 3.05) is 0 Å². The van der Waals surface area contributed by atoms with E-state index in [4.69, 9.17) is 10.5 Å². The largest absolute Gasteiger partial charge is 0.461 e. The van der Waals surface area contributed by atoms with Crippen molar-refractivity contribution in [3.8, 4) is 0 Å². The number of hydrogen-bond donors (Lipinski definition) is 1. The lowest BCUT2D eigenvalue weighted by Crippen LogP contribution is -2.40. The van der Waals surface area contributed by atoms with Crippen LogP contribution in [0.1, 0.15) is 20.3 Å². The van der Waals surface area contributed by atoms with Crippen LogP contribution in [0.2, 0.25) is 0 Å². The van der Waals surface area contributed by atoms with Gasteiger partial charge in [0.05, 0.1) is 0 Å². The second-order valence-corrected chi connectivity index (χ2v) is 2.84. The molecule has 1 aliphatic heterocycles. The highest BCUT2D eigenvalue weighted by Crippen LogP contribution is 2.21. The minimum atomic E-state index is -0.737. The number of nitrogens with two attached hydrogens (primary N) is 1. The lowest BCUT2D eigenvalue weighted by Gasteiger charge is -2.08. The van der Waals surface area contributed by atoms with Gasteiger partial charge in [-0.3, -0.25) is 4.79 Å². The molecule has 52 valence electrons. The van der Waals surface area contributed by atoms with Crippen molar-refractivity contribution in [1.29, 1.82) is 0 Å². The summed E-state index contributed by atoms with van der Waals surface area (Å²) in [6.07, 6.45) is 0.624. The molecule has 1 heterocycles. The zero-order chi connectivity index (χ0) is 7.07. The van der Waals surface area contributed by atoms with Crippen LogP contribution in [0.15, 0.2) is 0 Å². The molecule has 0 aromatic heterocycles. The third-order valence-corrected chi connectivity index (χ3v) is 1.49. The van der Waals surface area contributed by atoms with Crippen molar-refractivity contribution in [1.82, 2.24) is 0 Å². The maximum atomic E-state index is 10.8. The van der Waals surface area contributed by atoms with Gasteiger partial charge in [-0.15, -0.1) is 0 Å². The number of carbonyl (C=O) groups excluding carboxylic acids is 1. The minimum Gasteiger partial charge on any atom is -0.461 e. The fraction of sp³-hybridized carbons (Fsp3) is 0.833. The summed E-state index contributed by atoms with van der Waals surface area (Å²) in [5.41, 5.74) is 4.80. The average Bonchev–Trinajstić information content (AvgIpc) is 1.79. The Kier molecular flexibility index (Phi) is 1.24. The van der Waals surface area contributed by atoms with E-state index in [0.717, 1.165) is 0 Å². The van der Waals surface area contributed by atoms with Crippen LogP contribution in [0.3, 0.4) is 0 Å². The van der Waals surface area contributed by atoms with Gasteiger partial charge in [0.1, 0.15) is 11.6 Å². The van der Waals surface area contributed by atoms with E-state index in [1.807, 2.05) is 6.92 Å². The molecule has 1 saturated heterocycles. The van der Waals surface area contributed by atoms with Gasteiger partial charge in [-0.1, -0.05) is 0 Å². The molecular weight excluding hydrogens is 118 g/mol. The third kappa shape index (κ3) is 1.05. The topological polar surface area (TPSA) is 52.3 Å². The molecule has 0 unspecified atom stereocenters. The molecule has 0 bridgehead atoms. The maximum absolute atomic E-state index is 10.8. The molecule has 2 atom stereocenters. The van der Waals surface area contributed by atoms with Crippen LogP contribution in [0, 0.1) is 0 Å². The van der Waals surface area contributed by atoms with Crippen LogP contribution in [-0.4, -0.2) is 17.6 Å². The number of carbonyl (C=O) groups is 1. The number of esters is 1. The highest BCUT2D eigenvalue weighted by atomic mass is 16.6. The summed E-state index contributed by atoms with van der Waals surface area (Å²) >= 11 is 0. The smallest absolute Gasteiger partial charge is 0.326 e. The zero-order valence-electron chi connectivity index (χ0n) is 5.68. The number of rotatable bonds is 0. The summed E-state index contributed by atoms with van der Waals surface area (Å²) in [5, 5.41) is 0. The third-order valence-electron chi connectivity index (χ3n) is 1.49. The Labute approximate surface area is 54.2 Å². The first-order chi connectivity index (χ1) is 4.02. The Bertz CT molecular complexity index is 142. The van der Waals surface area contributed by atoms with Crippen molar-refractivity contribution in [3.63, 3.8) is 0 Å². The molecular formula is C6H11NO2. The fourth-order valence-corrected chi connectivity index (χ4v) is 1.04. The minimum absolute atomic E-state index is 0.00694. The molecule has 2 N–H and O–H groups in total. The number of cyclic esters (lactones) is 1. The molecule has 9 heavy (non-hydrogen) atoms. The van der Waals surface area contributed by atoms with E-state index >= 15 is 0 Å². The Morgan fingerprint density at radius 3 is 2.56 bits per heavy atom. The van der Waals surface area contributed by atoms with E-state index in [1.165, 1.54) is 0 Å². The molecule has 3 nitrogen and oxygen atoms in total. The Morgan fingerprint density at radius 2 is 2.44 bits per heavy atom. The molecule has 0 aromatic rings. The van der Waals surface area contributed by atoms with Crippen LogP contribution in [0.5, 0.6) is 0 Å². The van der Waals surface area contributed by atoms with Gasteiger partial charge < -0.3 is 10.5 Å². The van der Waals surface area contributed by atoms with Crippen molar-refractivity contribution in [2.24, 2.45) is 5.73 Å². The molecule has 1 aliphatic rings. The van der Waals surface area contributed by atoms with Gasteiger partial charge in [-0.25, -0.2) is 0 Å². The summed E-state index contributed by atoms with van der Waals surface area (Å²) in [7, 11) is 0. The first kappa shape index (κ1) is 6.55. The van der Waals surface area contributed by atoms with Crippen LogP contribution < -0.4 is 5.73 Å². The van der Waals surface area contributed by atoms with Crippen molar-refractivity contribution >= 4 is 5.97 Å². The molecule has 1 rings (SSSR count). The molecule has 0 saturated carbocycles.